The Balaban J connectivity index is 2.25. The lowest BCUT2D eigenvalue weighted by Crippen LogP contribution is -2.14. The zero-order chi connectivity index (χ0) is 13.7. The van der Waals surface area contributed by atoms with Crippen LogP contribution < -0.4 is 10.1 Å². The zero-order valence-electron chi connectivity index (χ0n) is 11.9. The molecule has 0 saturated carbocycles. The molecule has 0 saturated heterocycles. The van der Waals surface area contributed by atoms with Crippen LogP contribution in [0.5, 0.6) is 5.88 Å². The molecule has 0 amide bonds. The SMILES string of the molecule is CCCNc1cn2ccnc2c(OC(C)CCC)n1. The van der Waals surface area contributed by atoms with E-state index >= 15 is 0 Å². The minimum Gasteiger partial charge on any atom is -0.472 e. The monoisotopic (exact) mass is 262 g/mol. The van der Waals surface area contributed by atoms with Crippen molar-refractivity contribution in [3.63, 3.8) is 0 Å². The fourth-order valence-corrected chi connectivity index (χ4v) is 1.98. The summed E-state index contributed by atoms with van der Waals surface area (Å²) in [6.07, 6.45) is 8.94. The van der Waals surface area contributed by atoms with Crippen molar-refractivity contribution in [2.75, 3.05) is 11.9 Å². The number of nitrogens with one attached hydrogen (secondary N) is 1. The fourth-order valence-electron chi connectivity index (χ4n) is 1.98. The summed E-state index contributed by atoms with van der Waals surface area (Å²) in [4.78, 5) is 8.82. The Hall–Kier alpha value is -1.78. The molecule has 0 aliphatic rings. The molecule has 104 valence electrons. The Labute approximate surface area is 114 Å². The summed E-state index contributed by atoms with van der Waals surface area (Å²) in [7, 11) is 0. The van der Waals surface area contributed by atoms with Gasteiger partial charge in [0.05, 0.1) is 12.3 Å². The Kier molecular flexibility index (Phi) is 4.60. The van der Waals surface area contributed by atoms with Gasteiger partial charge in [-0.15, -0.1) is 0 Å². The maximum atomic E-state index is 5.91. The van der Waals surface area contributed by atoms with Gasteiger partial charge < -0.3 is 10.1 Å². The molecular formula is C14H22N4O. The number of ether oxygens (including phenoxy) is 1. The van der Waals surface area contributed by atoms with Crippen LogP contribution in [-0.2, 0) is 0 Å². The molecule has 0 fully saturated rings. The van der Waals surface area contributed by atoms with Gasteiger partial charge >= 0.3 is 0 Å². The van der Waals surface area contributed by atoms with Crippen LogP contribution in [0.1, 0.15) is 40.0 Å². The molecule has 0 aliphatic heterocycles. The summed E-state index contributed by atoms with van der Waals surface area (Å²) in [6.45, 7) is 7.25. The molecule has 0 spiro atoms. The first-order valence-electron chi connectivity index (χ1n) is 6.98. The summed E-state index contributed by atoms with van der Waals surface area (Å²) in [5.74, 6) is 1.43. The van der Waals surface area contributed by atoms with Crippen LogP contribution in [0.2, 0.25) is 0 Å². The molecular weight excluding hydrogens is 240 g/mol. The highest BCUT2D eigenvalue weighted by Crippen LogP contribution is 2.20. The molecule has 1 atom stereocenters. The number of hydrogen-bond donors (Lipinski definition) is 1. The molecule has 0 bridgehead atoms. The van der Waals surface area contributed by atoms with Crippen molar-refractivity contribution in [1.29, 1.82) is 0 Å². The van der Waals surface area contributed by atoms with Gasteiger partial charge in [0.1, 0.15) is 5.82 Å². The van der Waals surface area contributed by atoms with Gasteiger partial charge in [-0.05, 0) is 19.8 Å². The molecule has 2 aromatic heterocycles. The molecule has 2 aromatic rings. The van der Waals surface area contributed by atoms with Gasteiger partial charge in [-0.2, -0.15) is 4.98 Å². The Morgan fingerprint density at radius 1 is 1.37 bits per heavy atom. The molecule has 2 rings (SSSR count). The van der Waals surface area contributed by atoms with Crippen LogP contribution in [0.15, 0.2) is 18.6 Å². The van der Waals surface area contributed by atoms with E-state index in [1.165, 1.54) is 0 Å². The lowest BCUT2D eigenvalue weighted by molar-refractivity contribution is 0.203. The van der Waals surface area contributed by atoms with Crippen molar-refractivity contribution in [3.05, 3.63) is 18.6 Å². The topological polar surface area (TPSA) is 51.5 Å². The first-order valence-corrected chi connectivity index (χ1v) is 6.98. The largest absolute Gasteiger partial charge is 0.472 e. The standard InChI is InChI=1S/C14H22N4O/c1-4-6-11(3)19-14-13-16-8-9-18(13)10-12(17-14)15-7-5-2/h8-11,15H,4-7H2,1-3H3. The number of fused-ring (bicyclic) bond motifs is 1. The summed E-state index contributed by atoms with van der Waals surface area (Å²) < 4.78 is 7.86. The van der Waals surface area contributed by atoms with Crippen molar-refractivity contribution < 1.29 is 4.74 Å². The third-order valence-corrected chi connectivity index (χ3v) is 2.91. The van der Waals surface area contributed by atoms with Gasteiger partial charge in [0, 0.05) is 18.9 Å². The summed E-state index contributed by atoms with van der Waals surface area (Å²) in [5, 5.41) is 3.28. The van der Waals surface area contributed by atoms with Gasteiger partial charge in [-0.3, -0.25) is 4.40 Å². The highest BCUT2D eigenvalue weighted by atomic mass is 16.5. The van der Waals surface area contributed by atoms with Crippen LogP contribution in [0.4, 0.5) is 5.82 Å². The third kappa shape index (κ3) is 3.36. The van der Waals surface area contributed by atoms with Crippen molar-refractivity contribution in [2.45, 2.75) is 46.1 Å². The van der Waals surface area contributed by atoms with E-state index in [-0.39, 0.29) is 6.10 Å². The number of anilines is 1. The molecule has 5 nitrogen and oxygen atoms in total. The van der Waals surface area contributed by atoms with Crippen molar-refractivity contribution in [1.82, 2.24) is 14.4 Å². The number of nitrogens with zero attached hydrogens (tertiary/aromatic N) is 3. The lowest BCUT2D eigenvalue weighted by atomic mass is 10.2. The van der Waals surface area contributed by atoms with Gasteiger partial charge in [0.15, 0.2) is 0 Å². The fraction of sp³-hybridized carbons (Fsp3) is 0.571. The van der Waals surface area contributed by atoms with E-state index in [0.29, 0.717) is 5.88 Å². The summed E-state index contributed by atoms with van der Waals surface area (Å²) in [6, 6.07) is 0. The molecule has 1 unspecified atom stereocenters. The van der Waals surface area contributed by atoms with Crippen molar-refractivity contribution in [2.24, 2.45) is 0 Å². The molecule has 19 heavy (non-hydrogen) atoms. The van der Waals surface area contributed by atoms with E-state index in [1.807, 2.05) is 16.8 Å². The number of aromatic nitrogens is 3. The van der Waals surface area contributed by atoms with E-state index < -0.39 is 0 Å². The van der Waals surface area contributed by atoms with Gasteiger partial charge in [-0.25, -0.2) is 4.98 Å². The van der Waals surface area contributed by atoms with E-state index in [0.717, 1.165) is 37.3 Å². The first kappa shape index (κ1) is 13.6. The second kappa shape index (κ2) is 6.41. The van der Waals surface area contributed by atoms with Gasteiger partial charge in [-0.1, -0.05) is 20.3 Å². The molecule has 1 N–H and O–H groups in total. The van der Waals surface area contributed by atoms with E-state index in [4.69, 9.17) is 4.74 Å². The minimum atomic E-state index is 0.152. The number of imidazole rings is 1. The van der Waals surface area contributed by atoms with E-state index in [1.54, 1.807) is 6.20 Å². The second-order valence-electron chi connectivity index (χ2n) is 4.73. The van der Waals surface area contributed by atoms with Crippen molar-refractivity contribution >= 4 is 11.5 Å². The quantitative estimate of drug-likeness (QED) is 0.833. The van der Waals surface area contributed by atoms with Gasteiger partial charge in [0.25, 0.3) is 5.88 Å². The van der Waals surface area contributed by atoms with Crippen LogP contribution >= 0.6 is 0 Å². The Morgan fingerprint density at radius 2 is 2.21 bits per heavy atom. The number of hydrogen-bond acceptors (Lipinski definition) is 4. The Morgan fingerprint density at radius 3 is 2.95 bits per heavy atom. The van der Waals surface area contributed by atoms with E-state index in [2.05, 4.69) is 36.1 Å². The normalized spacial score (nSPS) is 12.6. The average molecular weight is 262 g/mol. The molecule has 0 radical (unpaired) electrons. The number of rotatable bonds is 7. The van der Waals surface area contributed by atoms with E-state index in [9.17, 15) is 0 Å². The second-order valence-corrected chi connectivity index (χ2v) is 4.73. The molecule has 5 heteroatoms. The highest BCUT2D eigenvalue weighted by molar-refractivity contribution is 5.53. The first-order chi connectivity index (χ1) is 9.24. The predicted octanol–water partition coefficient (Wildman–Crippen LogP) is 3.12. The average Bonchev–Trinajstić information content (AvgIpc) is 2.85. The summed E-state index contributed by atoms with van der Waals surface area (Å²) in [5.41, 5.74) is 0.769. The molecule has 0 aromatic carbocycles. The molecule has 2 heterocycles. The third-order valence-electron chi connectivity index (χ3n) is 2.91. The minimum absolute atomic E-state index is 0.152. The van der Waals surface area contributed by atoms with Gasteiger partial charge in [0.2, 0.25) is 5.65 Å². The van der Waals surface area contributed by atoms with Crippen molar-refractivity contribution in [3.8, 4) is 5.88 Å². The van der Waals surface area contributed by atoms with Crippen LogP contribution in [-0.4, -0.2) is 27.0 Å². The smallest absolute Gasteiger partial charge is 0.260 e. The van der Waals surface area contributed by atoms with Crippen LogP contribution in [0.3, 0.4) is 0 Å². The van der Waals surface area contributed by atoms with Crippen LogP contribution in [0.25, 0.3) is 5.65 Å². The summed E-state index contributed by atoms with van der Waals surface area (Å²) >= 11 is 0. The maximum absolute atomic E-state index is 5.91. The van der Waals surface area contributed by atoms with Crippen LogP contribution in [0, 0.1) is 0 Å². The zero-order valence-corrected chi connectivity index (χ0v) is 11.9. The highest BCUT2D eigenvalue weighted by Gasteiger charge is 2.11. The predicted molar refractivity (Wildman–Crippen MR) is 76.8 cm³/mol. The Bertz CT molecular complexity index is 523. The lowest BCUT2D eigenvalue weighted by Gasteiger charge is -2.14. The maximum Gasteiger partial charge on any atom is 0.260 e. The molecule has 0 aliphatic carbocycles.